The first kappa shape index (κ1) is 24.6. The van der Waals surface area contributed by atoms with Crippen LogP contribution < -0.4 is 4.74 Å². The Kier molecular flexibility index (Phi) is 9.11. The van der Waals surface area contributed by atoms with Crippen molar-refractivity contribution in [3.05, 3.63) is 29.8 Å². The predicted octanol–water partition coefficient (Wildman–Crippen LogP) is 6.25. The van der Waals surface area contributed by atoms with Crippen LogP contribution in [0.5, 0.6) is 5.75 Å². The lowest BCUT2D eigenvalue weighted by Crippen LogP contribution is -2.49. The summed E-state index contributed by atoms with van der Waals surface area (Å²) < 4.78 is 5.63. The van der Waals surface area contributed by atoms with Gasteiger partial charge in [0, 0.05) is 25.6 Å². The Morgan fingerprint density at radius 1 is 0.970 bits per heavy atom. The highest BCUT2D eigenvalue weighted by Crippen LogP contribution is 2.35. The first-order valence-corrected chi connectivity index (χ1v) is 13.8. The van der Waals surface area contributed by atoms with Gasteiger partial charge in [0.2, 0.25) is 5.91 Å². The minimum absolute atomic E-state index is 0.272. The van der Waals surface area contributed by atoms with Crippen LogP contribution in [0, 0.1) is 11.8 Å². The highest BCUT2D eigenvalue weighted by atomic mass is 16.5. The van der Waals surface area contributed by atoms with Gasteiger partial charge in [0.05, 0.1) is 7.11 Å². The van der Waals surface area contributed by atoms with Crippen LogP contribution in [0.1, 0.15) is 95.0 Å². The van der Waals surface area contributed by atoms with Crippen LogP contribution in [0.2, 0.25) is 0 Å². The summed E-state index contributed by atoms with van der Waals surface area (Å²) in [7, 11) is 3.90. The van der Waals surface area contributed by atoms with Crippen molar-refractivity contribution in [1.82, 2.24) is 9.80 Å². The lowest BCUT2D eigenvalue weighted by atomic mass is 9.83. The molecular weight excluding hydrogens is 408 g/mol. The summed E-state index contributed by atoms with van der Waals surface area (Å²) in [5.74, 6) is 3.12. The predicted molar refractivity (Wildman–Crippen MR) is 136 cm³/mol. The van der Waals surface area contributed by atoms with Crippen LogP contribution >= 0.6 is 0 Å². The Morgan fingerprint density at radius 3 is 2.27 bits per heavy atom. The van der Waals surface area contributed by atoms with Crippen molar-refractivity contribution in [2.75, 3.05) is 33.8 Å². The molecule has 1 amide bonds. The Hall–Kier alpha value is -1.55. The average molecular weight is 455 g/mol. The number of hydrogen-bond donors (Lipinski definition) is 0. The van der Waals surface area contributed by atoms with Gasteiger partial charge in [-0.15, -0.1) is 0 Å². The molecule has 1 saturated heterocycles. The van der Waals surface area contributed by atoms with Crippen molar-refractivity contribution in [2.45, 2.75) is 95.4 Å². The number of carbonyl (C=O) groups excluding carboxylic acids is 1. The third-order valence-electron chi connectivity index (χ3n) is 8.82. The number of nitrogens with zero attached hydrogens (tertiary/aromatic N) is 2. The van der Waals surface area contributed by atoms with Crippen molar-refractivity contribution in [3.63, 3.8) is 0 Å². The van der Waals surface area contributed by atoms with Crippen molar-refractivity contribution >= 4 is 5.91 Å². The number of likely N-dealkylation sites (N-methyl/N-ethyl adjacent to an activating group) is 1. The lowest BCUT2D eigenvalue weighted by molar-refractivity contribution is -0.138. The molecule has 33 heavy (non-hydrogen) atoms. The van der Waals surface area contributed by atoms with E-state index in [1.54, 1.807) is 7.11 Å². The van der Waals surface area contributed by atoms with Crippen LogP contribution in [0.3, 0.4) is 0 Å². The van der Waals surface area contributed by atoms with E-state index >= 15 is 0 Å². The molecule has 1 atom stereocenters. The number of rotatable bonds is 8. The van der Waals surface area contributed by atoms with Crippen molar-refractivity contribution in [1.29, 1.82) is 0 Å². The second kappa shape index (κ2) is 12.2. The van der Waals surface area contributed by atoms with E-state index < -0.39 is 0 Å². The monoisotopic (exact) mass is 454 g/mol. The molecule has 0 aromatic heterocycles. The van der Waals surface area contributed by atoms with Gasteiger partial charge >= 0.3 is 0 Å². The molecule has 2 aliphatic carbocycles. The van der Waals surface area contributed by atoms with Gasteiger partial charge in [-0.25, -0.2) is 0 Å². The molecule has 1 aromatic carbocycles. The van der Waals surface area contributed by atoms with E-state index in [1.807, 2.05) is 0 Å². The highest BCUT2D eigenvalue weighted by molar-refractivity contribution is 5.79. The lowest BCUT2D eigenvalue weighted by Gasteiger charge is -2.40. The fourth-order valence-corrected chi connectivity index (χ4v) is 6.71. The zero-order valence-corrected chi connectivity index (χ0v) is 21.1. The summed E-state index contributed by atoms with van der Waals surface area (Å²) >= 11 is 0. The van der Waals surface area contributed by atoms with Gasteiger partial charge < -0.3 is 14.5 Å². The largest absolute Gasteiger partial charge is 0.496 e. The number of para-hydroxylation sites is 1. The molecule has 0 bridgehead atoms. The summed E-state index contributed by atoms with van der Waals surface area (Å²) in [6, 6.07) is 8.89. The van der Waals surface area contributed by atoms with Crippen molar-refractivity contribution in [2.24, 2.45) is 11.8 Å². The molecule has 184 valence electrons. The number of ether oxygens (including phenoxy) is 1. The fourth-order valence-electron chi connectivity index (χ4n) is 6.71. The van der Waals surface area contributed by atoms with Gasteiger partial charge in [0.1, 0.15) is 5.75 Å². The third kappa shape index (κ3) is 6.53. The normalized spacial score (nSPS) is 22.7. The standard InChI is InChI=1S/C29H46N2O2/c1-30(29(32)25-13-7-4-8-14-25)26(21-23-11-5-3-6-12-23)22-31-19-17-24(18-20-31)27-15-9-10-16-28(27)33-2/h9-10,15-16,23-26H,3-8,11-14,17-22H2,1-2H3. The van der Waals surface area contributed by atoms with Crippen LogP contribution in [0.15, 0.2) is 24.3 Å². The van der Waals surface area contributed by atoms with Gasteiger partial charge in [0.15, 0.2) is 0 Å². The Balaban J connectivity index is 1.37. The second-order valence-corrected chi connectivity index (χ2v) is 11.0. The molecule has 0 N–H and O–H groups in total. The summed E-state index contributed by atoms with van der Waals surface area (Å²) in [5.41, 5.74) is 1.36. The maximum absolute atomic E-state index is 13.4. The van der Waals surface area contributed by atoms with E-state index in [2.05, 4.69) is 41.1 Å². The van der Waals surface area contributed by atoms with E-state index in [-0.39, 0.29) is 5.92 Å². The molecule has 0 radical (unpaired) electrons. The maximum Gasteiger partial charge on any atom is 0.225 e. The highest BCUT2D eigenvalue weighted by Gasteiger charge is 2.32. The van der Waals surface area contributed by atoms with Gasteiger partial charge in [0.25, 0.3) is 0 Å². The Labute approximate surface area is 202 Å². The molecule has 3 aliphatic rings. The van der Waals surface area contributed by atoms with Gasteiger partial charge in [-0.05, 0) is 68.7 Å². The van der Waals surface area contributed by atoms with E-state index in [9.17, 15) is 4.79 Å². The topological polar surface area (TPSA) is 32.8 Å². The molecule has 0 spiro atoms. The molecule has 1 unspecified atom stereocenters. The molecule has 1 aromatic rings. The summed E-state index contributed by atoms with van der Waals surface area (Å²) in [5, 5.41) is 0. The minimum Gasteiger partial charge on any atom is -0.496 e. The molecule has 2 saturated carbocycles. The number of methoxy groups -OCH3 is 1. The fraction of sp³-hybridized carbons (Fsp3) is 0.759. The third-order valence-corrected chi connectivity index (χ3v) is 8.82. The van der Waals surface area contributed by atoms with Gasteiger partial charge in [-0.2, -0.15) is 0 Å². The first-order chi connectivity index (χ1) is 16.2. The molecular formula is C29H46N2O2. The van der Waals surface area contributed by atoms with E-state index in [0.29, 0.717) is 17.9 Å². The maximum atomic E-state index is 13.4. The molecule has 1 heterocycles. The number of carbonyl (C=O) groups is 1. The molecule has 4 heteroatoms. The number of piperidine rings is 1. The number of amides is 1. The molecule has 4 nitrogen and oxygen atoms in total. The number of hydrogen-bond acceptors (Lipinski definition) is 3. The SMILES string of the molecule is COc1ccccc1C1CCN(CC(CC2CCCCC2)N(C)C(=O)C2CCCCC2)CC1. The van der Waals surface area contributed by atoms with Gasteiger partial charge in [-0.3, -0.25) is 4.79 Å². The molecule has 4 rings (SSSR count). The molecule has 1 aliphatic heterocycles. The minimum atomic E-state index is 0.272. The Bertz CT molecular complexity index is 731. The first-order valence-electron chi connectivity index (χ1n) is 13.8. The van der Waals surface area contributed by atoms with Crippen LogP contribution in [-0.4, -0.2) is 55.5 Å². The van der Waals surface area contributed by atoms with E-state index in [1.165, 1.54) is 76.2 Å². The van der Waals surface area contributed by atoms with Crippen molar-refractivity contribution < 1.29 is 9.53 Å². The quantitative estimate of drug-likeness (QED) is 0.465. The summed E-state index contributed by atoms with van der Waals surface area (Å²) in [6.45, 7) is 3.29. The number of likely N-dealkylation sites (tertiary alicyclic amines) is 1. The van der Waals surface area contributed by atoms with Crippen molar-refractivity contribution in [3.8, 4) is 5.75 Å². The molecule has 3 fully saturated rings. The van der Waals surface area contributed by atoms with Crippen LogP contribution in [-0.2, 0) is 4.79 Å². The number of benzene rings is 1. The second-order valence-electron chi connectivity index (χ2n) is 11.0. The smallest absolute Gasteiger partial charge is 0.225 e. The summed E-state index contributed by atoms with van der Waals surface area (Å²) in [6.07, 6.45) is 16.4. The zero-order chi connectivity index (χ0) is 23.0. The van der Waals surface area contributed by atoms with Crippen LogP contribution in [0.25, 0.3) is 0 Å². The van der Waals surface area contributed by atoms with E-state index in [0.717, 1.165) is 44.1 Å². The zero-order valence-electron chi connectivity index (χ0n) is 21.1. The summed E-state index contributed by atoms with van der Waals surface area (Å²) in [4.78, 5) is 18.3. The van der Waals surface area contributed by atoms with Crippen LogP contribution in [0.4, 0.5) is 0 Å². The van der Waals surface area contributed by atoms with E-state index in [4.69, 9.17) is 4.74 Å². The Morgan fingerprint density at radius 2 is 1.61 bits per heavy atom. The average Bonchev–Trinajstić information content (AvgIpc) is 2.89. The van der Waals surface area contributed by atoms with Gasteiger partial charge in [-0.1, -0.05) is 69.6 Å².